The highest BCUT2D eigenvalue weighted by molar-refractivity contribution is 7.11. The summed E-state index contributed by atoms with van der Waals surface area (Å²) in [4.78, 5) is 21.3. The minimum atomic E-state index is -0.847. The Labute approximate surface area is 125 Å². The van der Waals surface area contributed by atoms with Gasteiger partial charge in [-0.25, -0.2) is 4.79 Å². The van der Waals surface area contributed by atoms with Crippen LogP contribution in [0.15, 0.2) is 35.7 Å². The van der Waals surface area contributed by atoms with Gasteiger partial charge in [-0.05, 0) is 23.6 Å². The second kappa shape index (κ2) is 7.91. The first-order valence-corrected chi connectivity index (χ1v) is 6.66. The highest BCUT2D eigenvalue weighted by Gasteiger charge is 2.09. The molecule has 0 aliphatic rings. The molecule has 0 spiro atoms. The van der Waals surface area contributed by atoms with E-state index < -0.39 is 11.9 Å². The molecule has 0 saturated carbocycles. The van der Waals surface area contributed by atoms with E-state index in [0.717, 1.165) is 0 Å². The van der Waals surface area contributed by atoms with E-state index in [1.165, 1.54) is 18.4 Å². The molecule has 21 heavy (non-hydrogen) atoms. The number of carbonyl (C=O) groups excluding carboxylic acids is 1. The minimum absolute atomic E-state index is 0.350. The zero-order valence-corrected chi connectivity index (χ0v) is 12.3. The van der Waals surface area contributed by atoms with E-state index in [1.807, 2.05) is 0 Å². The topological polar surface area (TPSA) is 98.9 Å². The molecule has 0 saturated heterocycles. The minimum Gasteiger partial charge on any atom is -0.497 e. The number of aromatic carboxylic acids is 1. The van der Waals surface area contributed by atoms with Crippen LogP contribution >= 0.6 is 11.3 Å². The van der Waals surface area contributed by atoms with Crippen molar-refractivity contribution in [2.45, 2.75) is 0 Å². The molecule has 0 bridgehead atoms. The lowest BCUT2D eigenvalue weighted by Gasteiger charge is -2.06. The van der Waals surface area contributed by atoms with Crippen LogP contribution in [0.3, 0.4) is 0 Å². The van der Waals surface area contributed by atoms with Crippen molar-refractivity contribution in [3.05, 3.63) is 46.2 Å². The average Bonchev–Trinajstić information content (AvgIpc) is 3.01. The molecule has 2 aromatic rings. The Morgan fingerprint density at radius 1 is 1.19 bits per heavy atom. The largest absolute Gasteiger partial charge is 0.497 e. The Balaban J connectivity index is 0.000000235. The molecule has 3 N–H and O–H groups in total. The molecule has 1 amide bonds. The number of rotatable bonds is 4. The van der Waals surface area contributed by atoms with E-state index in [1.54, 1.807) is 42.8 Å². The van der Waals surface area contributed by atoms with E-state index in [0.29, 0.717) is 21.9 Å². The fourth-order valence-electron chi connectivity index (χ4n) is 1.40. The quantitative estimate of drug-likeness (QED) is 0.902. The highest BCUT2D eigenvalue weighted by atomic mass is 32.1. The van der Waals surface area contributed by atoms with Gasteiger partial charge in [0, 0.05) is 6.07 Å². The molecule has 112 valence electrons. The van der Waals surface area contributed by atoms with Crippen molar-refractivity contribution in [3.63, 3.8) is 0 Å². The van der Waals surface area contributed by atoms with Gasteiger partial charge >= 0.3 is 5.97 Å². The molecule has 0 fully saturated rings. The van der Waals surface area contributed by atoms with Crippen molar-refractivity contribution in [2.75, 3.05) is 14.2 Å². The first kappa shape index (κ1) is 16.5. The van der Waals surface area contributed by atoms with E-state index in [-0.39, 0.29) is 0 Å². The van der Waals surface area contributed by atoms with Gasteiger partial charge in [0.05, 0.1) is 19.8 Å². The van der Waals surface area contributed by atoms with Gasteiger partial charge in [0.15, 0.2) is 0 Å². The number of nitrogens with two attached hydrogens (primary N) is 1. The summed E-state index contributed by atoms with van der Waals surface area (Å²) in [5, 5.41) is 10.0. The van der Waals surface area contributed by atoms with Gasteiger partial charge in [0.25, 0.3) is 5.91 Å². The Hall–Kier alpha value is -2.54. The summed E-state index contributed by atoms with van der Waals surface area (Å²) >= 11 is 1.23. The molecular formula is C14H15NO5S. The van der Waals surface area contributed by atoms with Crippen molar-refractivity contribution in [1.29, 1.82) is 0 Å². The molecule has 1 aromatic heterocycles. The summed E-state index contributed by atoms with van der Waals surface area (Å²) < 4.78 is 9.93. The third kappa shape index (κ3) is 4.81. The van der Waals surface area contributed by atoms with Crippen molar-refractivity contribution in [2.24, 2.45) is 5.73 Å². The maximum atomic E-state index is 10.9. The number of hydrogen-bond donors (Lipinski definition) is 2. The second-order valence-electron chi connectivity index (χ2n) is 3.71. The van der Waals surface area contributed by atoms with Crippen LogP contribution in [0.1, 0.15) is 20.0 Å². The summed E-state index contributed by atoms with van der Waals surface area (Å²) in [6.07, 6.45) is 0. The van der Waals surface area contributed by atoms with Crippen LogP contribution in [-0.4, -0.2) is 31.2 Å². The predicted molar refractivity (Wildman–Crippen MR) is 79.3 cm³/mol. The van der Waals surface area contributed by atoms with Gasteiger partial charge in [-0.2, -0.15) is 0 Å². The second-order valence-corrected chi connectivity index (χ2v) is 4.66. The molecule has 0 aliphatic carbocycles. The van der Waals surface area contributed by atoms with Crippen molar-refractivity contribution < 1.29 is 24.2 Å². The fourth-order valence-corrected chi connectivity index (χ4v) is 1.96. The standard InChI is InChI=1S/C9H11NO3.C5H4O2S/c1-12-6-3-4-7(9(10)11)8(5-6)13-2;6-5(7)4-2-1-3-8-4/h3-5H,1-2H3,(H2,10,11);1-3H,(H,6,7). The van der Waals surface area contributed by atoms with Crippen molar-refractivity contribution in [3.8, 4) is 11.5 Å². The fraction of sp³-hybridized carbons (Fsp3) is 0.143. The van der Waals surface area contributed by atoms with E-state index in [4.69, 9.17) is 20.3 Å². The molecule has 6 nitrogen and oxygen atoms in total. The zero-order chi connectivity index (χ0) is 15.8. The molecule has 0 aliphatic heterocycles. The number of carbonyl (C=O) groups is 2. The molecule has 0 atom stereocenters. The van der Waals surface area contributed by atoms with Gasteiger partial charge < -0.3 is 20.3 Å². The van der Waals surface area contributed by atoms with Crippen LogP contribution < -0.4 is 15.2 Å². The Morgan fingerprint density at radius 3 is 2.29 bits per heavy atom. The molecule has 1 aromatic carbocycles. The average molecular weight is 309 g/mol. The molecule has 1 heterocycles. The number of hydrogen-bond acceptors (Lipinski definition) is 5. The van der Waals surface area contributed by atoms with Crippen molar-refractivity contribution >= 4 is 23.2 Å². The summed E-state index contributed by atoms with van der Waals surface area (Å²) in [5.74, 6) is -0.312. The van der Waals surface area contributed by atoms with Crippen LogP contribution in [0.2, 0.25) is 0 Å². The zero-order valence-electron chi connectivity index (χ0n) is 11.5. The van der Waals surface area contributed by atoms with Gasteiger partial charge in [-0.15, -0.1) is 11.3 Å². The first-order valence-electron chi connectivity index (χ1n) is 5.78. The number of primary amides is 1. The summed E-state index contributed by atoms with van der Waals surface area (Å²) in [7, 11) is 3.01. The summed E-state index contributed by atoms with van der Waals surface area (Å²) in [5.41, 5.74) is 5.47. The predicted octanol–water partition coefficient (Wildman–Crippen LogP) is 2.25. The van der Waals surface area contributed by atoms with Crippen LogP contribution in [0.5, 0.6) is 11.5 Å². The number of methoxy groups -OCH3 is 2. The maximum Gasteiger partial charge on any atom is 0.345 e. The number of carboxylic acid groups (broad SMARTS) is 1. The third-order valence-corrected chi connectivity index (χ3v) is 3.26. The van der Waals surface area contributed by atoms with Crippen molar-refractivity contribution in [1.82, 2.24) is 0 Å². The number of amides is 1. The highest BCUT2D eigenvalue weighted by Crippen LogP contribution is 2.23. The van der Waals surface area contributed by atoms with Gasteiger partial charge in [-0.3, -0.25) is 4.79 Å². The summed E-state index contributed by atoms with van der Waals surface area (Å²) in [6, 6.07) is 8.13. The molecular weight excluding hydrogens is 294 g/mol. The Morgan fingerprint density at radius 2 is 1.90 bits per heavy atom. The number of thiophene rings is 1. The van der Waals surface area contributed by atoms with E-state index in [9.17, 15) is 9.59 Å². The Kier molecular flexibility index (Phi) is 6.22. The lowest BCUT2D eigenvalue weighted by atomic mass is 10.2. The van der Waals surface area contributed by atoms with E-state index >= 15 is 0 Å². The van der Waals surface area contributed by atoms with Gasteiger partial charge in [0.2, 0.25) is 0 Å². The molecule has 7 heteroatoms. The lowest BCUT2D eigenvalue weighted by Crippen LogP contribution is -2.12. The summed E-state index contributed by atoms with van der Waals surface area (Å²) in [6.45, 7) is 0. The Bertz CT molecular complexity index is 610. The number of ether oxygens (including phenoxy) is 2. The SMILES string of the molecule is COc1ccc(C(N)=O)c(OC)c1.O=C(O)c1cccs1. The lowest BCUT2D eigenvalue weighted by molar-refractivity contribution is 0.0702. The number of benzene rings is 1. The third-order valence-electron chi connectivity index (χ3n) is 2.41. The molecule has 2 rings (SSSR count). The first-order chi connectivity index (χ1) is 9.99. The van der Waals surface area contributed by atoms with E-state index in [2.05, 4.69) is 0 Å². The molecule has 0 unspecified atom stereocenters. The van der Waals surface area contributed by atoms with Crippen LogP contribution in [0.25, 0.3) is 0 Å². The normalized spacial score (nSPS) is 9.24. The van der Waals surface area contributed by atoms with Crippen LogP contribution in [0, 0.1) is 0 Å². The smallest absolute Gasteiger partial charge is 0.345 e. The number of carboxylic acids is 1. The van der Waals surface area contributed by atoms with Crippen LogP contribution in [-0.2, 0) is 0 Å². The van der Waals surface area contributed by atoms with Gasteiger partial charge in [-0.1, -0.05) is 6.07 Å². The van der Waals surface area contributed by atoms with Crippen LogP contribution in [0.4, 0.5) is 0 Å². The molecule has 0 radical (unpaired) electrons. The van der Waals surface area contributed by atoms with Gasteiger partial charge in [0.1, 0.15) is 16.4 Å². The maximum absolute atomic E-state index is 10.9. The monoisotopic (exact) mass is 309 g/mol.